The molecule has 0 aliphatic heterocycles. The molecule has 0 aliphatic rings. The van der Waals surface area contributed by atoms with Crippen molar-refractivity contribution in [2.45, 2.75) is 27.7 Å². The van der Waals surface area contributed by atoms with Crippen LogP contribution in [0.4, 0.5) is 0 Å². The second-order valence-electron chi connectivity index (χ2n) is 11.4. The quantitative estimate of drug-likeness (QED) is 0.178. The first-order valence-electron chi connectivity index (χ1n) is 16.4. The Morgan fingerprint density at radius 2 is 0.712 bits per heavy atom. The van der Waals surface area contributed by atoms with Crippen molar-refractivity contribution in [3.63, 3.8) is 0 Å². The van der Waals surface area contributed by atoms with Crippen molar-refractivity contribution in [1.82, 2.24) is 54.8 Å². The molecule has 1 aromatic carbocycles. The van der Waals surface area contributed by atoms with Gasteiger partial charge in [-0.2, -0.15) is 0 Å². The maximum Gasteiger partial charge on any atom is 0.178 e. The van der Waals surface area contributed by atoms with E-state index in [0.717, 1.165) is 62.1 Å². The minimum Gasteiger partial charge on any atom is -0.265 e. The van der Waals surface area contributed by atoms with Gasteiger partial charge < -0.3 is 0 Å². The van der Waals surface area contributed by atoms with E-state index < -0.39 is 0 Å². The average Bonchev–Trinajstić information content (AvgIpc) is 3.21. The smallest absolute Gasteiger partial charge is 0.178 e. The first-order chi connectivity index (χ1) is 25.4. The molecule has 0 radical (unpaired) electrons. The van der Waals surface area contributed by atoms with Gasteiger partial charge in [0.15, 0.2) is 23.3 Å². The summed E-state index contributed by atoms with van der Waals surface area (Å²) in [5.74, 6) is 2.92. The van der Waals surface area contributed by atoms with Crippen LogP contribution in [0.1, 0.15) is 22.3 Å². The SMILES string of the molecule is Cc1cnc(-c2ccccc2)nc1.Cc1cnc(-c2ccccn2)nc1.Cc1cnc(-c2cccnc2)nc1.Cc1cnc(-c2ccncc2)nc1. The topological polar surface area (TPSA) is 142 Å². The molecule has 0 amide bonds. The molecule has 7 aromatic heterocycles. The maximum atomic E-state index is 4.24. The number of benzene rings is 1. The predicted octanol–water partition coefficient (Wildman–Crippen LogP) is 7.99. The third kappa shape index (κ3) is 11.6. The van der Waals surface area contributed by atoms with Crippen molar-refractivity contribution in [2.75, 3.05) is 0 Å². The van der Waals surface area contributed by atoms with Crippen molar-refractivity contribution in [3.8, 4) is 45.7 Å². The van der Waals surface area contributed by atoms with Crippen LogP contribution in [-0.4, -0.2) is 54.8 Å². The van der Waals surface area contributed by atoms with Gasteiger partial charge in [0.2, 0.25) is 0 Å². The number of hydrogen-bond donors (Lipinski definition) is 0. The highest BCUT2D eigenvalue weighted by Gasteiger charge is 2.01. The summed E-state index contributed by atoms with van der Waals surface area (Å²) in [4.78, 5) is 45.7. The molecule has 0 atom stereocenters. The molecular weight excluding hydrogens is 647 g/mol. The summed E-state index contributed by atoms with van der Waals surface area (Å²) in [6.45, 7) is 7.88. The summed E-state index contributed by atoms with van der Waals surface area (Å²) >= 11 is 0. The molecular formula is C41H37N11. The lowest BCUT2D eigenvalue weighted by Crippen LogP contribution is -1.90. The fraction of sp³-hybridized carbons (Fsp3) is 0.0976. The maximum absolute atomic E-state index is 4.24. The summed E-state index contributed by atoms with van der Waals surface area (Å²) in [6, 6.07) is 23.3. The van der Waals surface area contributed by atoms with Crippen molar-refractivity contribution < 1.29 is 0 Å². The van der Waals surface area contributed by atoms with E-state index in [2.05, 4.69) is 54.8 Å². The summed E-state index contributed by atoms with van der Waals surface area (Å²) in [7, 11) is 0. The van der Waals surface area contributed by atoms with E-state index in [1.54, 1.807) is 55.8 Å². The fourth-order valence-corrected chi connectivity index (χ4v) is 4.23. The molecule has 0 saturated carbocycles. The van der Waals surface area contributed by atoms with Crippen LogP contribution < -0.4 is 0 Å². The van der Waals surface area contributed by atoms with E-state index in [-0.39, 0.29) is 0 Å². The van der Waals surface area contributed by atoms with Gasteiger partial charge in [-0.1, -0.05) is 36.4 Å². The zero-order valence-electron chi connectivity index (χ0n) is 29.4. The van der Waals surface area contributed by atoms with Crippen LogP contribution in [0.15, 0.2) is 153 Å². The Kier molecular flexibility index (Phi) is 13.4. The van der Waals surface area contributed by atoms with Gasteiger partial charge in [0.25, 0.3) is 0 Å². The Labute approximate surface area is 303 Å². The average molecular weight is 684 g/mol. The van der Waals surface area contributed by atoms with Gasteiger partial charge in [0.05, 0.1) is 0 Å². The Morgan fingerprint density at radius 1 is 0.288 bits per heavy atom. The Morgan fingerprint density at radius 3 is 1.15 bits per heavy atom. The summed E-state index contributed by atoms with van der Waals surface area (Å²) in [5.41, 5.74) is 8.08. The van der Waals surface area contributed by atoms with E-state index in [0.29, 0.717) is 5.82 Å². The number of rotatable bonds is 4. The van der Waals surface area contributed by atoms with Gasteiger partial charge in [0, 0.05) is 97.2 Å². The van der Waals surface area contributed by atoms with Crippen molar-refractivity contribution in [3.05, 3.63) is 176 Å². The molecule has 256 valence electrons. The minimum absolute atomic E-state index is 0.672. The molecule has 0 N–H and O–H groups in total. The molecule has 0 bridgehead atoms. The third-order valence-electron chi connectivity index (χ3n) is 6.91. The highest BCUT2D eigenvalue weighted by Crippen LogP contribution is 2.14. The van der Waals surface area contributed by atoms with E-state index >= 15 is 0 Å². The molecule has 0 spiro atoms. The number of aromatic nitrogens is 11. The monoisotopic (exact) mass is 683 g/mol. The lowest BCUT2D eigenvalue weighted by molar-refractivity contribution is 1.11. The summed E-state index contributed by atoms with van der Waals surface area (Å²) in [5, 5.41) is 0. The lowest BCUT2D eigenvalue weighted by atomic mass is 10.2. The van der Waals surface area contributed by atoms with Crippen LogP contribution in [0.25, 0.3) is 45.7 Å². The van der Waals surface area contributed by atoms with Crippen molar-refractivity contribution in [2.24, 2.45) is 0 Å². The van der Waals surface area contributed by atoms with Gasteiger partial charge in [-0.3, -0.25) is 15.0 Å². The fourth-order valence-electron chi connectivity index (χ4n) is 4.23. The van der Waals surface area contributed by atoms with Gasteiger partial charge in [0.1, 0.15) is 5.69 Å². The molecule has 11 heteroatoms. The summed E-state index contributed by atoms with van der Waals surface area (Å²) in [6.07, 6.45) is 23.1. The molecule has 0 saturated heterocycles. The Balaban J connectivity index is 0.000000134. The van der Waals surface area contributed by atoms with Crippen LogP contribution in [0, 0.1) is 27.7 Å². The second kappa shape index (κ2) is 19.2. The number of hydrogen-bond acceptors (Lipinski definition) is 11. The predicted molar refractivity (Wildman–Crippen MR) is 202 cm³/mol. The first-order valence-corrected chi connectivity index (χ1v) is 16.4. The Hall–Kier alpha value is -7.01. The molecule has 8 aromatic rings. The molecule has 11 nitrogen and oxygen atoms in total. The van der Waals surface area contributed by atoms with Crippen LogP contribution in [0.3, 0.4) is 0 Å². The largest absolute Gasteiger partial charge is 0.265 e. The van der Waals surface area contributed by atoms with Gasteiger partial charge in [-0.05, 0) is 86.3 Å². The lowest BCUT2D eigenvalue weighted by Gasteiger charge is -1.98. The zero-order valence-corrected chi connectivity index (χ0v) is 29.4. The molecule has 0 aliphatic carbocycles. The van der Waals surface area contributed by atoms with Gasteiger partial charge in [-0.15, -0.1) is 0 Å². The van der Waals surface area contributed by atoms with E-state index in [4.69, 9.17) is 0 Å². The Bertz CT molecular complexity index is 1840. The normalized spacial score (nSPS) is 9.92. The molecule has 8 rings (SSSR count). The van der Waals surface area contributed by atoms with Crippen LogP contribution in [0.2, 0.25) is 0 Å². The first kappa shape index (κ1) is 36.3. The molecule has 52 heavy (non-hydrogen) atoms. The van der Waals surface area contributed by atoms with E-state index in [9.17, 15) is 0 Å². The van der Waals surface area contributed by atoms with Crippen LogP contribution in [0.5, 0.6) is 0 Å². The standard InChI is InChI=1S/C11H10N2.3C10H9N3/c1-9-7-12-11(13-8-9)10-5-3-2-4-6-10;1-8-6-12-10(13-7-8)9-2-4-11-5-3-9;1-8-5-12-10(13-6-8)9-3-2-4-11-7-9;1-8-6-12-10(13-7-8)9-4-2-3-5-11-9/h2-8H,1H3;3*2-7H,1H3. The summed E-state index contributed by atoms with van der Waals surface area (Å²) < 4.78 is 0. The van der Waals surface area contributed by atoms with E-state index in [1.807, 2.05) is 125 Å². The van der Waals surface area contributed by atoms with Crippen molar-refractivity contribution >= 4 is 0 Å². The number of aryl methyl sites for hydroxylation is 4. The molecule has 7 heterocycles. The van der Waals surface area contributed by atoms with Crippen molar-refractivity contribution in [1.29, 1.82) is 0 Å². The number of nitrogens with zero attached hydrogens (tertiary/aromatic N) is 11. The third-order valence-corrected chi connectivity index (χ3v) is 6.91. The van der Waals surface area contributed by atoms with E-state index in [1.165, 1.54) is 0 Å². The minimum atomic E-state index is 0.672. The van der Waals surface area contributed by atoms with Crippen LogP contribution in [-0.2, 0) is 0 Å². The molecule has 0 fully saturated rings. The highest BCUT2D eigenvalue weighted by molar-refractivity contribution is 5.55. The second-order valence-corrected chi connectivity index (χ2v) is 11.4. The molecule has 0 unspecified atom stereocenters. The number of pyridine rings is 3. The highest BCUT2D eigenvalue weighted by atomic mass is 14.9. The zero-order chi connectivity index (χ0) is 36.4. The van der Waals surface area contributed by atoms with Crippen LogP contribution >= 0.6 is 0 Å². The van der Waals surface area contributed by atoms with Gasteiger partial charge >= 0.3 is 0 Å². The van der Waals surface area contributed by atoms with Gasteiger partial charge in [-0.25, -0.2) is 39.9 Å².